The molecule has 3 aromatic carbocycles. The van der Waals surface area contributed by atoms with Crippen molar-refractivity contribution in [3.05, 3.63) is 135 Å². The van der Waals surface area contributed by atoms with Crippen molar-refractivity contribution < 1.29 is 51.8 Å². The van der Waals surface area contributed by atoms with Crippen molar-refractivity contribution in [1.29, 1.82) is 0 Å². The molecule has 390 valence electrons. The van der Waals surface area contributed by atoms with Gasteiger partial charge in [-0.15, -0.1) is 11.8 Å². The average molecular weight is 1040 g/mol. The van der Waals surface area contributed by atoms with Crippen molar-refractivity contribution in [2.24, 2.45) is 11.7 Å². The maximum Gasteiger partial charge on any atom is 0.312 e. The molecule has 0 spiro atoms. The lowest BCUT2D eigenvalue weighted by molar-refractivity contribution is -0.137. The number of amides is 8. The Morgan fingerprint density at radius 2 is 1.64 bits per heavy atom. The number of unbranched alkanes of at least 4 members (excludes halogenated alkanes) is 2. The summed E-state index contributed by atoms with van der Waals surface area (Å²) in [6, 6.07) is 14.3. The Kier molecular flexibility index (Phi) is 16.8. The number of nitrogens with one attached hydrogen (secondary N) is 4. The second-order valence-corrected chi connectivity index (χ2v) is 19.5. The number of imide groups is 1. The zero-order valence-corrected chi connectivity index (χ0v) is 41.6. The van der Waals surface area contributed by atoms with E-state index in [1.165, 1.54) is 36.2 Å². The first-order chi connectivity index (χ1) is 35.6. The third kappa shape index (κ3) is 11.8. The van der Waals surface area contributed by atoms with E-state index in [9.17, 15) is 42.7 Å². The van der Waals surface area contributed by atoms with Crippen LogP contribution in [0.15, 0.2) is 94.8 Å². The fourth-order valence-corrected chi connectivity index (χ4v) is 10.5. The van der Waals surface area contributed by atoms with E-state index in [1.807, 2.05) is 29.3 Å². The number of fused-ring (bicyclic) bond motifs is 4. The van der Waals surface area contributed by atoms with Crippen LogP contribution in [0.1, 0.15) is 91.2 Å². The van der Waals surface area contributed by atoms with Crippen LogP contribution in [0, 0.1) is 17.6 Å². The van der Waals surface area contributed by atoms with E-state index in [4.69, 9.17) is 15.2 Å². The van der Waals surface area contributed by atoms with Gasteiger partial charge < -0.3 is 41.4 Å². The summed E-state index contributed by atoms with van der Waals surface area (Å²) in [7, 11) is 0. The molecule has 74 heavy (non-hydrogen) atoms. The highest BCUT2D eigenvalue weighted by atomic mass is 32.2. The number of aromatic nitrogens is 1. The number of nitrogens with zero attached hydrogens (tertiary/aromatic N) is 4. The zero-order chi connectivity index (χ0) is 52.6. The molecule has 4 aliphatic rings. The summed E-state index contributed by atoms with van der Waals surface area (Å²) < 4.78 is 44.2. The van der Waals surface area contributed by atoms with Crippen LogP contribution in [0.25, 0.3) is 0 Å². The Hall–Kier alpha value is -7.59. The zero-order valence-electron chi connectivity index (χ0n) is 40.8. The fraction of sp³-hybridized carbons (Fsp3) is 0.385. The number of benzene rings is 3. The first-order valence-electron chi connectivity index (χ1n) is 24.4. The van der Waals surface area contributed by atoms with Gasteiger partial charge in [0.15, 0.2) is 23.1 Å². The Morgan fingerprint density at radius 3 is 2.38 bits per heavy atom. The van der Waals surface area contributed by atoms with Crippen molar-refractivity contribution in [2.75, 3.05) is 43.2 Å². The number of carbonyl (C=O) groups is 7. The van der Waals surface area contributed by atoms with Crippen LogP contribution in [-0.2, 0) is 41.1 Å². The molecule has 4 aromatic rings. The number of morpholine rings is 1. The summed E-state index contributed by atoms with van der Waals surface area (Å²) in [5.41, 5.74) is 6.97. The predicted octanol–water partition coefficient (Wildman–Crippen LogP) is 4.35. The third-order valence-electron chi connectivity index (χ3n) is 13.2. The molecule has 19 nitrogen and oxygen atoms in total. The summed E-state index contributed by atoms with van der Waals surface area (Å²) in [6.45, 7) is 4.19. The molecule has 1 fully saturated rings. The monoisotopic (exact) mass is 1040 g/mol. The van der Waals surface area contributed by atoms with Crippen LogP contribution >= 0.6 is 11.8 Å². The summed E-state index contributed by atoms with van der Waals surface area (Å²) in [5, 5.41) is 12.7. The van der Waals surface area contributed by atoms with Crippen LogP contribution < -0.4 is 42.2 Å². The Morgan fingerprint density at radius 1 is 0.878 bits per heavy atom. The number of nitrogens with two attached hydrogens (primary N) is 1. The van der Waals surface area contributed by atoms with Crippen LogP contribution in [0.2, 0.25) is 0 Å². The predicted molar refractivity (Wildman–Crippen MR) is 268 cm³/mol. The molecular weight excluding hydrogens is 981 g/mol. The molecule has 22 heteroatoms. The topological polar surface area (TPSA) is 244 Å². The van der Waals surface area contributed by atoms with Gasteiger partial charge in [0.2, 0.25) is 23.2 Å². The lowest BCUT2D eigenvalue weighted by Crippen LogP contribution is -2.66. The number of pyridine rings is 1. The molecule has 6 N–H and O–H groups in total. The van der Waals surface area contributed by atoms with Gasteiger partial charge in [-0.3, -0.25) is 48.1 Å². The van der Waals surface area contributed by atoms with Gasteiger partial charge in [-0.25, -0.2) is 13.6 Å². The lowest BCUT2D eigenvalue weighted by Gasteiger charge is -2.51. The number of rotatable bonds is 20. The minimum Gasteiger partial charge on any atom is -0.482 e. The molecule has 1 saturated heterocycles. The molecule has 8 amide bonds. The van der Waals surface area contributed by atoms with Gasteiger partial charge >= 0.3 is 6.03 Å². The number of anilines is 1. The molecule has 4 atom stereocenters. The van der Waals surface area contributed by atoms with E-state index in [0.717, 1.165) is 21.4 Å². The summed E-state index contributed by atoms with van der Waals surface area (Å²) in [5.74, 6) is -5.16. The lowest BCUT2D eigenvalue weighted by atomic mass is 9.93. The summed E-state index contributed by atoms with van der Waals surface area (Å²) in [6.07, 6.45) is 5.16. The standard InChI is InChI=1S/C52H57F2N9O10S/c1-30(2)45(59-40(65)12-4-3-7-23-61-42(66)19-20-43(61)67)50(69)58-37(10-8-22-56-52(55)71)49(68)57-32-15-13-31(14-16-32)27-73-48-38(64)21-24-62-47(48)51(70)60-25-26-72-28-41(60)63(62)46-33-17-18-36(53)44(54)35(33)29-74-39-11-6-5-9-34(39)46/h5-6,9,11,13-21,24,30,37,41,45-46H,3-4,7-8,10,12,22-23,25-29H2,1-2H3,(H,57,68)(H,58,69)(H,59,65)(H3,55,56,71)/t37-,41+,45-,46-/m0/s1. The molecule has 5 heterocycles. The highest BCUT2D eigenvalue weighted by Crippen LogP contribution is 2.45. The van der Waals surface area contributed by atoms with Crippen LogP contribution in [0.3, 0.4) is 0 Å². The van der Waals surface area contributed by atoms with E-state index in [-0.39, 0.29) is 105 Å². The molecule has 0 aliphatic carbocycles. The fourth-order valence-electron chi connectivity index (χ4n) is 9.39. The Bertz CT molecular complexity index is 2900. The van der Waals surface area contributed by atoms with Crippen LogP contribution in [0.5, 0.6) is 5.75 Å². The minimum absolute atomic E-state index is 0.0582. The van der Waals surface area contributed by atoms with Crippen molar-refractivity contribution >= 4 is 58.9 Å². The Labute approximate surface area is 429 Å². The van der Waals surface area contributed by atoms with E-state index >= 15 is 4.39 Å². The number of halogens is 2. The first kappa shape index (κ1) is 52.7. The van der Waals surface area contributed by atoms with Gasteiger partial charge in [0, 0.05) is 72.4 Å². The van der Waals surface area contributed by atoms with Gasteiger partial charge in [-0.1, -0.05) is 56.7 Å². The average Bonchev–Trinajstić information content (AvgIpc) is 3.60. The second-order valence-electron chi connectivity index (χ2n) is 18.5. The molecule has 8 rings (SSSR count). The highest BCUT2D eigenvalue weighted by Gasteiger charge is 2.46. The number of hydrogen-bond donors (Lipinski definition) is 5. The molecule has 0 saturated carbocycles. The van der Waals surface area contributed by atoms with E-state index in [0.29, 0.717) is 36.1 Å². The number of primary amides is 1. The van der Waals surface area contributed by atoms with Crippen LogP contribution in [-0.4, -0.2) is 107 Å². The van der Waals surface area contributed by atoms with Gasteiger partial charge in [0.05, 0.1) is 19.3 Å². The summed E-state index contributed by atoms with van der Waals surface area (Å²) in [4.78, 5) is 107. The van der Waals surface area contributed by atoms with E-state index < -0.39 is 65.1 Å². The van der Waals surface area contributed by atoms with Gasteiger partial charge in [-0.05, 0) is 72.6 Å². The van der Waals surface area contributed by atoms with Crippen molar-refractivity contribution in [3.8, 4) is 5.75 Å². The Balaban J connectivity index is 0.955. The van der Waals surface area contributed by atoms with Gasteiger partial charge in [0.1, 0.15) is 24.9 Å². The molecule has 0 bridgehead atoms. The molecule has 0 unspecified atom stereocenters. The van der Waals surface area contributed by atoms with Crippen LogP contribution in [0.4, 0.5) is 19.3 Å². The number of carbonyl (C=O) groups excluding carboxylic acids is 7. The number of ether oxygens (including phenoxy) is 2. The first-order valence-corrected chi connectivity index (χ1v) is 25.4. The maximum absolute atomic E-state index is 15.7. The highest BCUT2D eigenvalue weighted by molar-refractivity contribution is 7.98. The van der Waals surface area contributed by atoms with E-state index in [2.05, 4.69) is 21.3 Å². The molecular formula is C52H57F2N9O10S. The third-order valence-corrected chi connectivity index (χ3v) is 14.3. The second kappa shape index (κ2) is 23.5. The number of hydrogen-bond acceptors (Lipinski definition) is 12. The minimum atomic E-state index is -1.11. The van der Waals surface area contributed by atoms with Crippen molar-refractivity contribution in [3.63, 3.8) is 0 Å². The summed E-state index contributed by atoms with van der Waals surface area (Å²) >= 11 is 1.37. The maximum atomic E-state index is 15.7. The SMILES string of the molecule is CC(C)[C@H](NC(=O)CCCCCN1C(=O)C=CC1=O)C(=O)N[C@@H](CCCNC(N)=O)C(=O)Nc1ccc(COc2c3n(ccc2=O)N([C@@H]2c4ccccc4SCc4c2ccc(F)c4F)[C@@H]2COCCN2C3=O)cc1. The van der Waals surface area contributed by atoms with Gasteiger partial charge in [0.25, 0.3) is 17.7 Å². The molecule has 0 radical (unpaired) electrons. The van der Waals surface area contributed by atoms with Crippen molar-refractivity contribution in [2.45, 2.75) is 93.9 Å². The number of urea groups is 1. The smallest absolute Gasteiger partial charge is 0.312 e. The molecule has 4 aliphatic heterocycles. The van der Waals surface area contributed by atoms with E-state index in [1.54, 1.807) is 53.8 Å². The molecule has 1 aromatic heterocycles. The number of thioether (sulfide) groups is 1. The van der Waals surface area contributed by atoms with Crippen molar-refractivity contribution in [1.82, 2.24) is 30.4 Å². The van der Waals surface area contributed by atoms with Gasteiger partial charge in [-0.2, -0.15) is 0 Å². The largest absolute Gasteiger partial charge is 0.482 e. The normalized spacial score (nSPS) is 17.6. The quantitative estimate of drug-likeness (QED) is 0.0613.